The van der Waals surface area contributed by atoms with Crippen LogP contribution in [0.25, 0.3) is 0 Å². The highest BCUT2D eigenvalue weighted by atomic mass is 32.1. The normalized spacial score (nSPS) is 19.2. The van der Waals surface area contributed by atoms with Crippen molar-refractivity contribution in [2.24, 2.45) is 0 Å². The molecule has 1 amide bonds. The van der Waals surface area contributed by atoms with Gasteiger partial charge in [-0.1, -0.05) is 24.3 Å². The van der Waals surface area contributed by atoms with Gasteiger partial charge in [0, 0.05) is 10.4 Å². The van der Waals surface area contributed by atoms with Gasteiger partial charge in [-0.25, -0.2) is 0 Å². The predicted octanol–water partition coefficient (Wildman–Crippen LogP) is 3.35. The highest BCUT2D eigenvalue weighted by Gasteiger charge is 2.51. The van der Waals surface area contributed by atoms with E-state index in [1.54, 1.807) is 35.6 Å². The number of ketones is 1. The molecule has 3 aromatic rings. The number of Topliss-reactive ketones (excluding diaryl/α,β-unsaturated/α-hetero) is 1. The Hall–Kier alpha value is -2.70. The zero-order chi connectivity index (χ0) is 17.4. The van der Waals surface area contributed by atoms with Crippen LogP contribution in [0.15, 0.2) is 64.6 Å². The summed E-state index contributed by atoms with van der Waals surface area (Å²) in [5, 5.41) is 13.1. The second-order valence-electron chi connectivity index (χ2n) is 5.93. The zero-order valence-corrected chi connectivity index (χ0v) is 14.0. The maximum atomic E-state index is 13.0. The van der Waals surface area contributed by atoms with Gasteiger partial charge in [-0.2, -0.15) is 0 Å². The SMILES string of the molecule is O=C(C[C@@]1(O)C(=O)N(Cc2cccs2)c2ccccc21)c1ccco1. The summed E-state index contributed by atoms with van der Waals surface area (Å²) in [4.78, 5) is 28.0. The molecule has 1 atom stereocenters. The number of hydrogen-bond donors (Lipinski definition) is 1. The number of fused-ring (bicyclic) bond motifs is 1. The molecule has 1 aliphatic rings. The number of nitrogens with zero attached hydrogens (tertiary/aromatic N) is 1. The van der Waals surface area contributed by atoms with E-state index in [0.29, 0.717) is 17.8 Å². The molecule has 0 fully saturated rings. The van der Waals surface area contributed by atoms with Crippen LogP contribution < -0.4 is 4.90 Å². The third-order valence-electron chi connectivity index (χ3n) is 4.35. The van der Waals surface area contributed by atoms with E-state index >= 15 is 0 Å². The summed E-state index contributed by atoms with van der Waals surface area (Å²) >= 11 is 1.54. The highest BCUT2D eigenvalue weighted by Crippen LogP contribution is 2.43. The minimum Gasteiger partial charge on any atom is -0.461 e. The van der Waals surface area contributed by atoms with E-state index in [0.717, 1.165) is 4.88 Å². The summed E-state index contributed by atoms with van der Waals surface area (Å²) in [6.45, 7) is 0.366. The first kappa shape index (κ1) is 15.8. The second kappa shape index (κ2) is 5.98. The smallest absolute Gasteiger partial charge is 0.264 e. The molecule has 0 spiro atoms. The number of benzene rings is 1. The molecule has 0 aliphatic carbocycles. The largest absolute Gasteiger partial charge is 0.461 e. The predicted molar refractivity (Wildman–Crippen MR) is 93.5 cm³/mol. The Bertz CT molecular complexity index is 917. The monoisotopic (exact) mass is 353 g/mol. The molecule has 0 bridgehead atoms. The van der Waals surface area contributed by atoms with Gasteiger partial charge in [-0.3, -0.25) is 9.59 Å². The number of furan rings is 1. The van der Waals surface area contributed by atoms with Crippen molar-refractivity contribution in [2.45, 2.75) is 18.6 Å². The lowest BCUT2D eigenvalue weighted by Crippen LogP contribution is -2.41. The van der Waals surface area contributed by atoms with E-state index in [-0.39, 0.29) is 12.2 Å². The Kier molecular flexibility index (Phi) is 3.78. The van der Waals surface area contributed by atoms with E-state index in [1.807, 2.05) is 23.6 Å². The van der Waals surface area contributed by atoms with Crippen molar-refractivity contribution in [2.75, 3.05) is 4.90 Å². The number of amides is 1. The summed E-state index contributed by atoms with van der Waals surface area (Å²) in [6, 6.07) is 14.0. The number of rotatable bonds is 5. The number of carbonyl (C=O) groups is 2. The van der Waals surface area contributed by atoms with Gasteiger partial charge in [0.05, 0.1) is 24.9 Å². The van der Waals surface area contributed by atoms with Crippen LogP contribution in [0.5, 0.6) is 0 Å². The van der Waals surface area contributed by atoms with Crippen molar-refractivity contribution in [3.63, 3.8) is 0 Å². The Balaban J connectivity index is 1.70. The lowest BCUT2D eigenvalue weighted by molar-refractivity contribution is -0.136. The van der Waals surface area contributed by atoms with Crippen molar-refractivity contribution < 1.29 is 19.1 Å². The molecule has 126 valence electrons. The Labute approximate surface area is 148 Å². The van der Waals surface area contributed by atoms with Gasteiger partial charge in [0.2, 0.25) is 5.78 Å². The second-order valence-corrected chi connectivity index (χ2v) is 6.96. The van der Waals surface area contributed by atoms with Crippen LogP contribution in [0.3, 0.4) is 0 Å². The summed E-state index contributed by atoms with van der Waals surface area (Å²) in [5.74, 6) is -0.758. The van der Waals surface area contributed by atoms with Gasteiger partial charge in [0.1, 0.15) is 0 Å². The lowest BCUT2D eigenvalue weighted by Gasteiger charge is -2.22. The third kappa shape index (κ3) is 2.59. The average molecular weight is 353 g/mol. The molecule has 2 aromatic heterocycles. The number of hydrogen-bond acceptors (Lipinski definition) is 5. The van der Waals surface area contributed by atoms with Crippen LogP contribution >= 0.6 is 11.3 Å². The van der Waals surface area contributed by atoms with Crippen LogP contribution in [0.2, 0.25) is 0 Å². The van der Waals surface area contributed by atoms with Gasteiger partial charge in [0.15, 0.2) is 11.4 Å². The maximum Gasteiger partial charge on any atom is 0.264 e. The van der Waals surface area contributed by atoms with E-state index in [4.69, 9.17) is 4.42 Å². The Morgan fingerprint density at radius 3 is 2.72 bits per heavy atom. The Morgan fingerprint density at radius 2 is 2.00 bits per heavy atom. The van der Waals surface area contributed by atoms with Crippen LogP contribution in [0.4, 0.5) is 5.69 Å². The van der Waals surface area contributed by atoms with Crippen molar-refractivity contribution in [3.05, 3.63) is 76.4 Å². The first-order valence-corrected chi connectivity index (χ1v) is 8.70. The molecule has 1 aliphatic heterocycles. The van der Waals surface area contributed by atoms with Crippen LogP contribution in [-0.4, -0.2) is 16.8 Å². The Morgan fingerprint density at radius 1 is 1.16 bits per heavy atom. The van der Waals surface area contributed by atoms with Gasteiger partial charge >= 0.3 is 0 Å². The summed E-state index contributed by atoms with van der Waals surface area (Å²) in [5.41, 5.74) is -0.787. The van der Waals surface area contributed by atoms with E-state index in [1.165, 1.54) is 17.2 Å². The number of anilines is 1. The number of carbonyl (C=O) groups excluding carboxylic acids is 2. The minimum atomic E-state index is -1.88. The lowest BCUT2D eigenvalue weighted by atomic mass is 9.89. The summed E-state index contributed by atoms with van der Waals surface area (Å²) in [7, 11) is 0. The molecule has 5 nitrogen and oxygen atoms in total. The maximum absolute atomic E-state index is 13.0. The van der Waals surface area contributed by atoms with E-state index in [2.05, 4.69) is 0 Å². The first-order chi connectivity index (χ1) is 12.1. The molecule has 3 heterocycles. The average Bonchev–Trinajstić information content (AvgIpc) is 3.35. The van der Waals surface area contributed by atoms with Crippen molar-refractivity contribution in [1.82, 2.24) is 0 Å². The highest BCUT2D eigenvalue weighted by molar-refractivity contribution is 7.09. The van der Waals surface area contributed by atoms with Crippen LogP contribution in [-0.2, 0) is 16.9 Å². The molecule has 0 radical (unpaired) electrons. The molecule has 6 heteroatoms. The molecule has 4 rings (SSSR count). The van der Waals surface area contributed by atoms with Gasteiger partial charge in [-0.05, 0) is 29.6 Å². The molecule has 25 heavy (non-hydrogen) atoms. The van der Waals surface area contributed by atoms with Crippen molar-refractivity contribution in [1.29, 1.82) is 0 Å². The number of thiophene rings is 1. The van der Waals surface area contributed by atoms with E-state index < -0.39 is 17.3 Å². The van der Waals surface area contributed by atoms with Crippen molar-refractivity contribution in [3.8, 4) is 0 Å². The number of aliphatic hydroxyl groups is 1. The minimum absolute atomic E-state index is 0.135. The molecule has 0 saturated carbocycles. The first-order valence-electron chi connectivity index (χ1n) is 7.82. The third-order valence-corrected chi connectivity index (χ3v) is 5.21. The number of para-hydroxylation sites is 1. The standard InChI is InChI=1S/C19H15NO4S/c21-16(17-8-3-9-24-17)11-19(23)14-6-1-2-7-15(14)20(18(19)22)12-13-5-4-10-25-13/h1-10,23H,11-12H2/t19-/m0/s1. The molecule has 1 aromatic carbocycles. The topological polar surface area (TPSA) is 70.8 Å². The fourth-order valence-electron chi connectivity index (χ4n) is 3.15. The van der Waals surface area contributed by atoms with Crippen molar-refractivity contribution >= 4 is 28.7 Å². The summed E-state index contributed by atoms with van der Waals surface area (Å²) in [6.07, 6.45) is 1.04. The fourth-order valence-corrected chi connectivity index (χ4v) is 3.84. The van der Waals surface area contributed by atoms with Crippen LogP contribution in [0.1, 0.15) is 27.4 Å². The molecular weight excluding hydrogens is 338 g/mol. The molecule has 1 N–H and O–H groups in total. The quantitative estimate of drug-likeness (QED) is 0.714. The van der Waals surface area contributed by atoms with Gasteiger partial charge in [0.25, 0.3) is 5.91 Å². The van der Waals surface area contributed by atoms with E-state index in [9.17, 15) is 14.7 Å². The van der Waals surface area contributed by atoms with Gasteiger partial charge < -0.3 is 14.4 Å². The summed E-state index contributed by atoms with van der Waals surface area (Å²) < 4.78 is 5.10. The van der Waals surface area contributed by atoms with Gasteiger partial charge in [-0.15, -0.1) is 11.3 Å². The molecular formula is C19H15NO4S. The fraction of sp³-hybridized carbons (Fsp3) is 0.158. The molecule has 0 saturated heterocycles. The zero-order valence-electron chi connectivity index (χ0n) is 13.2. The molecule has 0 unspecified atom stereocenters. The van der Waals surface area contributed by atoms with Crippen LogP contribution in [0, 0.1) is 0 Å².